The van der Waals surface area contributed by atoms with Crippen LogP contribution in [0.25, 0.3) is 10.2 Å². The number of hydrogen-bond acceptors (Lipinski definition) is 4. The van der Waals surface area contributed by atoms with Crippen LogP contribution in [0.5, 0.6) is 5.75 Å². The number of nitrogens with one attached hydrogen (secondary N) is 1. The molecule has 1 fully saturated rings. The third kappa shape index (κ3) is 3.89. The van der Waals surface area contributed by atoms with Crippen LogP contribution in [0.1, 0.15) is 46.6 Å². The van der Waals surface area contributed by atoms with E-state index in [0.717, 1.165) is 54.9 Å². The van der Waals surface area contributed by atoms with E-state index in [4.69, 9.17) is 9.72 Å². The molecular weight excluding hydrogens is 356 g/mol. The van der Waals surface area contributed by atoms with Crippen molar-refractivity contribution >= 4 is 27.3 Å². The first-order chi connectivity index (χ1) is 13.1. The number of fused-ring (bicyclic) bond motifs is 1. The fraction of sp³-hybridized carbons (Fsp3) is 0.364. The molecule has 5 heteroatoms. The van der Waals surface area contributed by atoms with E-state index in [9.17, 15) is 4.79 Å². The number of methoxy groups -OCH3 is 1. The van der Waals surface area contributed by atoms with Gasteiger partial charge >= 0.3 is 0 Å². The lowest BCUT2D eigenvalue weighted by molar-refractivity contribution is -0.919. The maximum absolute atomic E-state index is 11.7. The van der Waals surface area contributed by atoms with Crippen LogP contribution in [0.3, 0.4) is 0 Å². The molecule has 2 heterocycles. The minimum absolute atomic E-state index is 0.100. The smallest absolute Gasteiger partial charge is 0.159 e. The van der Waals surface area contributed by atoms with E-state index in [1.165, 1.54) is 9.71 Å². The number of carbonyl (C=O) groups is 1. The molecule has 140 valence electrons. The van der Waals surface area contributed by atoms with Gasteiger partial charge in [0.05, 0.1) is 35.4 Å². The summed E-state index contributed by atoms with van der Waals surface area (Å²) in [5, 5.41) is 1.28. The first-order valence-electron chi connectivity index (χ1n) is 9.51. The Kier molecular flexibility index (Phi) is 5.23. The van der Waals surface area contributed by atoms with Gasteiger partial charge in [0.1, 0.15) is 12.3 Å². The molecule has 0 aliphatic carbocycles. The summed E-state index contributed by atoms with van der Waals surface area (Å²) >= 11 is 1.84. The Labute approximate surface area is 163 Å². The zero-order chi connectivity index (χ0) is 18.8. The van der Waals surface area contributed by atoms with Crippen molar-refractivity contribution < 1.29 is 14.4 Å². The van der Waals surface area contributed by atoms with E-state index in [1.54, 1.807) is 18.9 Å². The second kappa shape index (κ2) is 7.79. The van der Waals surface area contributed by atoms with Crippen LogP contribution in [0.2, 0.25) is 0 Å². The molecule has 0 bridgehead atoms. The third-order valence-electron chi connectivity index (χ3n) is 5.48. The molecular formula is C22H25N2O2S+. The summed E-state index contributed by atoms with van der Waals surface area (Å²) < 4.78 is 6.80. The second-order valence-corrected chi connectivity index (χ2v) is 8.37. The van der Waals surface area contributed by atoms with Gasteiger partial charge in [-0.1, -0.05) is 12.1 Å². The highest BCUT2D eigenvalue weighted by molar-refractivity contribution is 7.18. The van der Waals surface area contributed by atoms with E-state index in [1.807, 2.05) is 29.5 Å². The summed E-state index contributed by atoms with van der Waals surface area (Å²) in [4.78, 5) is 18.1. The molecule has 1 aromatic heterocycles. The van der Waals surface area contributed by atoms with E-state index < -0.39 is 0 Å². The molecule has 0 radical (unpaired) electrons. The van der Waals surface area contributed by atoms with Gasteiger partial charge in [-0.05, 0) is 37.3 Å². The monoisotopic (exact) mass is 381 g/mol. The van der Waals surface area contributed by atoms with Gasteiger partial charge in [0.2, 0.25) is 0 Å². The van der Waals surface area contributed by atoms with Crippen LogP contribution >= 0.6 is 11.3 Å². The lowest BCUT2D eigenvalue weighted by atomic mass is 9.97. The maximum atomic E-state index is 11.7. The summed E-state index contributed by atoms with van der Waals surface area (Å²) in [6.45, 7) is 4.75. The SMILES string of the molecule is COc1ccc(C(C)=O)cc1C[NH+]1CCC(c2nc3ccccc3s2)CC1. The molecule has 1 aliphatic heterocycles. The van der Waals surface area contributed by atoms with Crippen LogP contribution < -0.4 is 9.64 Å². The first kappa shape index (κ1) is 18.1. The van der Waals surface area contributed by atoms with Crippen molar-refractivity contribution in [3.05, 3.63) is 58.6 Å². The summed E-state index contributed by atoms with van der Waals surface area (Å²) in [6, 6.07) is 14.2. The van der Waals surface area contributed by atoms with Gasteiger partial charge < -0.3 is 9.64 Å². The Balaban J connectivity index is 1.43. The van der Waals surface area contributed by atoms with Crippen LogP contribution in [0.4, 0.5) is 0 Å². The normalized spacial score (nSPS) is 19.9. The fourth-order valence-corrected chi connectivity index (χ4v) is 5.06. The Bertz CT molecular complexity index is 925. The van der Waals surface area contributed by atoms with Crippen LogP contribution in [0, 0.1) is 0 Å². The lowest BCUT2D eigenvalue weighted by Crippen LogP contribution is -3.11. The van der Waals surface area contributed by atoms with Gasteiger partial charge in [-0.2, -0.15) is 0 Å². The standard InChI is InChI=1S/C22H24N2O2S/c1-15(25)17-7-8-20(26-2)18(13-17)14-24-11-9-16(10-12-24)22-23-19-5-3-4-6-21(19)27-22/h3-8,13,16H,9-12,14H2,1-2H3/p+1. The Morgan fingerprint density at radius 1 is 1.22 bits per heavy atom. The predicted molar refractivity (Wildman–Crippen MR) is 109 cm³/mol. The highest BCUT2D eigenvalue weighted by Crippen LogP contribution is 2.31. The number of piperidine rings is 1. The first-order valence-corrected chi connectivity index (χ1v) is 10.3. The second-order valence-electron chi connectivity index (χ2n) is 7.30. The molecule has 0 unspecified atom stereocenters. The molecule has 4 nitrogen and oxygen atoms in total. The van der Waals surface area contributed by atoms with Crippen molar-refractivity contribution in [1.82, 2.24) is 4.98 Å². The summed E-state index contributed by atoms with van der Waals surface area (Å²) in [5.74, 6) is 1.54. The molecule has 0 saturated carbocycles. The number of para-hydroxylation sites is 1. The van der Waals surface area contributed by atoms with Crippen molar-refractivity contribution in [3.63, 3.8) is 0 Å². The summed E-state index contributed by atoms with van der Waals surface area (Å²) in [6.07, 6.45) is 2.31. The molecule has 1 aliphatic rings. The number of thiazole rings is 1. The molecule has 3 aromatic rings. The van der Waals surface area contributed by atoms with Gasteiger partial charge in [0.15, 0.2) is 5.78 Å². The predicted octanol–water partition coefficient (Wildman–Crippen LogP) is 3.47. The lowest BCUT2D eigenvalue weighted by Gasteiger charge is -2.28. The van der Waals surface area contributed by atoms with Crippen molar-refractivity contribution in [2.45, 2.75) is 32.2 Å². The molecule has 2 aromatic carbocycles. The molecule has 0 spiro atoms. The Morgan fingerprint density at radius 2 is 2.00 bits per heavy atom. The van der Waals surface area contributed by atoms with Crippen LogP contribution in [0.15, 0.2) is 42.5 Å². The Morgan fingerprint density at radius 3 is 2.70 bits per heavy atom. The quantitative estimate of drug-likeness (QED) is 0.688. The molecule has 1 N–H and O–H groups in total. The van der Waals surface area contributed by atoms with E-state index in [0.29, 0.717) is 5.92 Å². The molecule has 1 saturated heterocycles. The number of aromatic nitrogens is 1. The van der Waals surface area contributed by atoms with E-state index in [2.05, 4.69) is 24.3 Å². The van der Waals surface area contributed by atoms with E-state index >= 15 is 0 Å². The number of ketones is 1. The minimum Gasteiger partial charge on any atom is -0.496 e. The number of carbonyl (C=O) groups excluding carboxylic acids is 1. The van der Waals surface area contributed by atoms with Gasteiger partial charge in [0.25, 0.3) is 0 Å². The molecule has 27 heavy (non-hydrogen) atoms. The number of nitrogens with zero attached hydrogens (tertiary/aromatic N) is 1. The topological polar surface area (TPSA) is 43.6 Å². The largest absolute Gasteiger partial charge is 0.496 e. The Hall–Kier alpha value is -2.24. The number of rotatable bonds is 5. The average Bonchev–Trinajstić information content (AvgIpc) is 3.12. The summed E-state index contributed by atoms with van der Waals surface area (Å²) in [7, 11) is 1.70. The number of Topliss-reactive ketones (excluding diaryl/α,β-unsaturated/α-hetero) is 1. The van der Waals surface area contributed by atoms with Crippen molar-refractivity contribution in [2.75, 3.05) is 20.2 Å². The zero-order valence-electron chi connectivity index (χ0n) is 15.8. The van der Waals surface area contributed by atoms with Crippen molar-refractivity contribution in [1.29, 1.82) is 0 Å². The number of ether oxygens (including phenoxy) is 1. The molecule has 0 atom stereocenters. The van der Waals surface area contributed by atoms with E-state index in [-0.39, 0.29) is 5.78 Å². The third-order valence-corrected chi connectivity index (χ3v) is 6.68. The number of likely N-dealkylation sites (tertiary alicyclic amines) is 1. The number of benzene rings is 2. The summed E-state index contributed by atoms with van der Waals surface area (Å²) in [5.41, 5.74) is 3.01. The minimum atomic E-state index is 0.100. The van der Waals surface area contributed by atoms with Crippen molar-refractivity contribution in [3.8, 4) is 5.75 Å². The molecule has 4 rings (SSSR count). The highest BCUT2D eigenvalue weighted by Gasteiger charge is 2.26. The van der Waals surface area contributed by atoms with Gasteiger partial charge in [-0.25, -0.2) is 4.98 Å². The number of quaternary nitrogens is 1. The number of hydrogen-bond donors (Lipinski definition) is 1. The van der Waals surface area contributed by atoms with Crippen LogP contribution in [-0.4, -0.2) is 31.0 Å². The van der Waals surface area contributed by atoms with Crippen molar-refractivity contribution in [2.24, 2.45) is 0 Å². The van der Waals surface area contributed by atoms with Gasteiger partial charge in [-0.15, -0.1) is 11.3 Å². The zero-order valence-corrected chi connectivity index (χ0v) is 16.6. The fourth-order valence-electron chi connectivity index (χ4n) is 3.92. The average molecular weight is 382 g/mol. The van der Waals surface area contributed by atoms with Crippen LogP contribution in [-0.2, 0) is 6.54 Å². The molecule has 0 amide bonds. The van der Waals surface area contributed by atoms with Gasteiger partial charge in [-0.3, -0.25) is 4.79 Å². The maximum Gasteiger partial charge on any atom is 0.159 e. The highest BCUT2D eigenvalue weighted by atomic mass is 32.1. The van der Waals surface area contributed by atoms with Gasteiger partial charge in [0, 0.05) is 29.9 Å².